The SMILES string of the molecule is CC(C)N1CCC(c2ccc(C(=O)NC3(C(=O)N4C[C@@H](O)[C@H]5OCC(=O)[C@H]54)CCCCC3)cc2)CC1. The van der Waals surface area contributed by atoms with E-state index in [0.717, 1.165) is 45.2 Å². The van der Waals surface area contributed by atoms with E-state index in [1.165, 1.54) is 10.5 Å². The summed E-state index contributed by atoms with van der Waals surface area (Å²) < 4.78 is 5.45. The molecule has 5 rings (SSSR count). The van der Waals surface area contributed by atoms with Crippen molar-refractivity contribution in [3.05, 3.63) is 35.4 Å². The molecule has 0 radical (unpaired) electrons. The number of Topliss-reactive ketones (excluding diaryl/α,β-unsaturated/α-hetero) is 1. The number of fused-ring (bicyclic) bond motifs is 1. The van der Waals surface area contributed by atoms with Gasteiger partial charge in [-0.1, -0.05) is 31.4 Å². The van der Waals surface area contributed by atoms with Gasteiger partial charge in [0, 0.05) is 11.6 Å². The van der Waals surface area contributed by atoms with Crippen LogP contribution in [0.3, 0.4) is 0 Å². The van der Waals surface area contributed by atoms with Crippen molar-refractivity contribution in [2.45, 2.75) is 94.5 Å². The van der Waals surface area contributed by atoms with Crippen LogP contribution in [0.2, 0.25) is 0 Å². The minimum atomic E-state index is -1.06. The zero-order valence-electron chi connectivity index (χ0n) is 21.4. The Hall–Kier alpha value is -2.29. The second-order valence-electron chi connectivity index (χ2n) is 11.3. The average Bonchev–Trinajstić information content (AvgIpc) is 3.44. The third-order valence-corrected chi connectivity index (χ3v) is 8.79. The summed E-state index contributed by atoms with van der Waals surface area (Å²) in [6.07, 6.45) is 4.41. The first-order valence-corrected chi connectivity index (χ1v) is 13.6. The number of hydrogen-bond acceptors (Lipinski definition) is 6. The fraction of sp³-hybridized carbons (Fsp3) is 0.679. The Bertz CT molecular complexity index is 979. The molecule has 8 heteroatoms. The molecule has 1 aliphatic carbocycles. The molecule has 36 heavy (non-hydrogen) atoms. The van der Waals surface area contributed by atoms with Gasteiger partial charge in [0.1, 0.15) is 30.4 Å². The lowest BCUT2D eigenvalue weighted by Gasteiger charge is -2.40. The first-order valence-electron chi connectivity index (χ1n) is 13.6. The van der Waals surface area contributed by atoms with Crippen LogP contribution in [0.5, 0.6) is 0 Å². The van der Waals surface area contributed by atoms with Gasteiger partial charge in [-0.15, -0.1) is 0 Å². The van der Waals surface area contributed by atoms with Crippen molar-refractivity contribution in [3.63, 3.8) is 0 Å². The Morgan fingerprint density at radius 1 is 1.08 bits per heavy atom. The summed E-state index contributed by atoms with van der Waals surface area (Å²) in [7, 11) is 0. The van der Waals surface area contributed by atoms with E-state index in [-0.39, 0.29) is 30.7 Å². The van der Waals surface area contributed by atoms with E-state index in [0.29, 0.717) is 30.4 Å². The monoisotopic (exact) mass is 497 g/mol. The number of nitrogens with zero attached hydrogens (tertiary/aromatic N) is 2. The third-order valence-electron chi connectivity index (χ3n) is 8.79. The molecule has 0 bridgehead atoms. The van der Waals surface area contributed by atoms with Crippen LogP contribution in [0.1, 0.15) is 80.6 Å². The van der Waals surface area contributed by atoms with Crippen LogP contribution in [-0.4, -0.2) is 88.6 Å². The van der Waals surface area contributed by atoms with E-state index in [2.05, 4.69) is 36.2 Å². The van der Waals surface area contributed by atoms with Crippen LogP contribution in [0.15, 0.2) is 24.3 Å². The number of aliphatic hydroxyl groups is 1. The smallest absolute Gasteiger partial charge is 0.252 e. The van der Waals surface area contributed by atoms with Crippen LogP contribution in [0, 0.1) is 0 Å². The molecule has 0 spiro atoms. The Morgan fingerprint density at radius 2 is 1.75 bits per heavy atom. The standard InChI is InChI=1S/C28H39N3O5/c1-18(2)30-14-10-20(11-15-30)19-6-8-21(9-7-19)26(34)29-28(12-4-3-5-13-28)27(35)31-16-22(32)25-24(31)23(33)17-36-25/h6-9,18,20,22,24-25,32H,3-5,10-17H2,1-2H3,(H,29,34)/t22-,24-,25-/m1/s1. The fourth-order valence-electron chi connectivity index (χ4n) is 6.61. The number of carbonyl (C=O) groups is 3. The number of ketones is 1. The van der Waals surface area contributed by atoms with Gasteiger partial charge in [-0.25, -0.2) is 0 Å². The largest absolute Gasteiger partial charge is 0.388 e. The fourth-order valence-corrected chi connectivity index (χ4v) is 6.61. The zero-order chi connectivity index (χ0) is 25.4. The van der Waals surface area contributed by atoms with Crippen molar-refractivity contribution in [3.8, 4) is 0 Å². The van der Waals surface area contributed by atoms with Gasteiger partial charge in [-0.3, -0.25) is 14.4 Å². The van der Waals surface area contributed by atoms with Gasteiger partial charge in [0.15, 0.2) is 5.78 Å². The van der Waals surface area contributed by atoms with Crippen LogP contribution in [0.25, 0.3) is 0 Å². The maximum Gasteiger partial charge on any atom is 0.252 e. The number of aliphatic hydroxyl groups excluding tert-OH is 1. The first-order chi connectivity index (χ1) is 17.3. The number of hydrogen-bond donors (Lipinski definition) is 2. The molecule has 3 atom stereocenters. The summed E-state index contributed by atoms with van der Waals surface area (Å²) >= 11 is 0. The molecular weight excluding hydrogens is 458 g/mol. The van der Waals surface area contributed by atoms with Crippen molar-refractivity contribution in [2.75, 3.05) is 26.2 Å². The minimum Gasteiger partial charge on any atom is -0.388 e. The molecule has 0 unspecified atom stereocenters. The highest BCUT2D eigenvalue weighted by atomic mass is 16.5. The first kappa shape index (κ1) is 25.4. The lowest BCUT2D eigenvalue weighted by molar-refractivity contribution is -0.143. The Kier molecular flexibility index (Phi) is 7.21. The summed E-state index contributed by atoms with van der Waals surface area (Å²) in [6, 6.07) is 7.64. The molecule has 4 fully saturated rings. The van der Waals surface area contributed by atoms with Crippen LogP contribution in [-0.2, 0) is 14.3 Å². The van der Waals surface area contributed by atoms with Crippen molar-refractivity contribution in [1.29, 1.82) is 0 Å². The number of ether oxygens (including phenoxy) is 1. The normalized spacial score (nSPS) is 28.9. The summed E-state index contributed by atoms with van der Waals surface area (Å²) in [5.74, 6) is -0.215. The Labute approximate surface area is 213 Å². The number of benzene rings is 1. The summed E-state index contributed by atoms with van der Waals surface area (Å²) in [5, 5.41) is 13.5. The average molecular weight is 498 g/mol. The maximum absolute atomic E-state index is 13.8. The van der Waals surface area contributed by atoms with E-state index in [9.17, 15) is 19.5 Å². The van der Waals surface area contributed by atoms with E-state index >= 15 is 0 Å². The summed E-state index contributed by atoms with van der Waals surface area (Å²) in [6.45, 7) is 6.63. The number of piperidine rings is 1. The number of carbonyl (C=O) groups excluding carboxylic acids is 3. The number of amides is 2. The van der Waals surface area contributed by atoms with E-state index in [1.807, 2.05) is 12.1 Å². The molecule has 3 heterocycles. The van der Waals surface area contributed by atoms with E-state index < -0.39 is 23.8 Å². The molecule has 1 saturated carbocycles. The molecule has 2 amide bonds. The molecule has 3 saturated heterocycles. The van der Waals surface area contributed by atoms with Crippen LogP contribution < -0.4 is 5.32 Å². The molecule has 4 aliphatic rings. The summed E-state index contributed by atoms with van der Waals surface area (Å²) in [5.41, 5.74) is 0.737. The van der Waals surface area contributed by atoms with Gasteiger partial charge >= 0.3 is 0 Å². The molecule has 0 aromatic heterocycles. The molecule has 1 aromatic rings. The minimum absolute atomic E-state index is 0.0574. The second-order valence-corrected chi connectivity index (χ2v) is 11.3. The topological polar surface area (TPSA) is 99.2 Å². The van der Waals surface area contributed by atoms with E-state index in [4.69, 9.17) is 4.74 Å². The number of nitrogens with one attached hydrogen (secondary N) is 1. The molecule has 3 aliphatic heterocycles. The Balaban J connectivity index is 1.29. The third kappa shape index (κ3) is 4.71. The van der Waals surface area contributed by atoms with Crippen molar-refractivity contribution in [2.24, 2.45) is 0 Å². The van der Waals surface area contributed by atoms with Crippen molar-refractivity contribution in [1.82, 2.24) is 15.1 Å². The Morgan fingerprint density at radius 3 is 2.39 bits per heavy atom. The van der Waals surface area contributed by atoms with Crippen LogP contribution >= 0.6 is 0 Å². The number of β-amino-alcohol motifs (C(OH)–C–C–N with tert-alkyl or cyclic N) is 1. The molecule has 8 nitrogen and oxygen atoms in total. The number of rotatable bonds is 5. The van der Waals surface area contributed by atoms with Gasteiger partial charge in [0.05, 0.1) is 6.54 Å². The number of likely N-dealkylation sites (tertiary alicyclic amines) is 2. The van der Waals surface area contributed by atoms with Crippen molar-refractivity contribution < 1.29 is 24.2 Å². The second kappa shape index (κ2) is 10.2. The predicted octanol–water partition coefficient (Wildman–Crippen LogP) is 2.25. The zero-order valence-corrected chi connectivity index (χ0v) is 21.4. The highest BCUT2D eigenvalue weighted by Crippen LogP contribution is 2.36. The molecule has 2 N–H and O–H groups in total. The maximum atomic E-state index is 13.8. The lowest BCUT2D eigenvalue weighted by atomic mass is 9.80. The molecular formula is C28H39N3O5. The summed E-state index contributed by atoms with van der Waals surface area (Å²) in [4.78, 5) is 43.6. The molecule has 1 aromatic carbocycles. The quantitative estimate of drug-likeness (QED) is 0.648. The van der Waals surface area contributed by atoms with Gasteiger partial charge < -0.3 is 25.0 Å². The van der Waals surface area contributed by atoms with Gasteiger partial charge in [0.2, 0.25) is 5.91 Å². The van der Waals surface area contributed by atoms with Crippen LogP contribution in [0.4, 0.5) is 0 Å². The lowest BCUT2D eigenvalue weighted by Crippen LogP contribution is -2.62. The predicted molar refractivity (Wildman–Crippen MR) is 135 cm³/mol. The van der Waals surface area contributed by atoms with E-state index in [1.54, 1.807) is 0 Å². The highest BCUT2D eigenvalue weighted by Gasteiger charge is 2.55. The highest BCUT2D eigenvalue weighted by molar-refractivity contribution is 6.01. The van der Waals surface area contributed by atoms with Gasteiger partial charge in [-0.05, 0) is 76.2 Å². The molecule has 196 valence electrons. The van der Waals surface area contributed by atoms with Gasteiger partial charge in [0.25, 0.3) is 5.91 Å². The van der Waals surface area contributed by atoms with Crippen molar-refractivity contribution >= 4 is 17.6 Å². The van der Waals surface area contributed by atoms with Gasteiger partial charge in [-0.2, -0.15) is 0 Å².